The molecule has 3 fully saturated rings. The van der Waals surface area contributed by atoms with Crippen LogP contribution < -0.4 is 17.2 Å². The maximum absolute atomic E-state index is 12.7. The SMILES string of the molecule is Nc1ncnc2c1ncn2C1OC(COC2C(O)C(OC3OC(CO)C(O)C(O)C3N)C(O)C(OS(=O)(=O)O)C2OC(=O)[C@@H](N)CO)C(O)C1O. The molecule has 26 heteroatoms. The Labute approximate surface area is 287 Å². The van der Waals surface area contributed by atoms with Gasteiger partial charge in [-0.15, -0.1) is 0 Å². The lowest BCUT2D eigenvalue weighted by Gasteiger charge is -2.48. The summed E-state index contributed by atoms with van der Waals surface area (Å²) < 4.78 is 67.0. The first-order valence-corrected chi connectivity index (χ1v) is 16.5. The first-order valence-electron chi connectivity index (χ1n) is 15.2. The zero-order valence-corrected chi connectivity index (χ0v) is 27.0. The molecule has 2 saturated heterocycles. The van der Waals surface area contributed by atoms with Crippen LogP contribution in [0.2, 0.25) is 0 Å². The first kappa shape index (κ1) is 39.3. The van der Waals surface area contributed by atoms with Crippen LogP contribution in [0.4, 0.5) is 5.82 Å². The average Bonchev–Trinajstić information content (AvgIpc) is 3.64. The van der Waals surface area contributed by atoms with Crippen LogP contribution in [0.5, 0.6) is 0 Å². The molecule has 1 aliphatic carbocycles. The minimum Gasteiger partial charge on any atom is -0.455 e. The fourth-order valence-corrected chi connectivity index (χ4v) is 6.43. The molecule has 51 heavy (non-hydrogen) atoms. The first-order chi connectivity index (χ1) is 24.0. The number of ether oxygens (including phenoxy) is 5. The second-order valence-electron chi connectivity index (χ2n) is 12.0. The van der Waals surface area contributed by atoms with E-state index in [9.17, 15) is 58.6 Å². The van der Waals surface area contributed by atoms with E-state index in [1.54, 1.807) is 0 Å². The van der Waals surface area contributed by atoms with E-state index in [1.807, 2.05) is 0 Å². The van der Waals surface area contributed by atoms with Crippen LogP contribution in [-0.2, 0) is 43.1 Å². The summed E-state index contributed by atoms with van der Waals surface area (Å²) in [5.74, 6) is -1.41. The molecule has 16 atom stereocenters. The third-order valence-corrected chi connectivity index (χ3v) is 9.11. The molecule has 4 heterocycles. The van der Waals surface area contributed by atoms with Crippen LogP contribution in [0.3, 0.4) is 0 Å². The van der Waals surface area contributed by atoms with Gasteiger partial charge in [0.1, 0.15) is 85.0 Å². The van der Waals surface area contributed by atoms with Gasteiger partial charge in [-0.1, -0.05) is 0 Å². The van der Waals surface area contributed by atoms with Crippen molar-refractivity contribution < 1.29 is 86.5 Å². The molecule has 25 nitrogen and oxygen atoms in total. The van der Waals surface area contributed by atoms with E-state index in [0.29, 0.717) is 0 Å². The van der Waals surface area contributed by atoms with Crippen molar-refractivity contribution in [3.8, 4) is 0 Å². The Morgan fingerprint density at radius 2 is 1.57 bits per heavy atom. The molecule has 0 amide bonds. The lowest BCUT2D eigenvalue weighted by Crippen LogP contribution is -2.70. The largest absolute Gasteiger partial charge is 0.455 e. The number of rotatable bonds is 12. The van der Waals surface area contributed by atoms with Crippen molar-refractivity contribution in [2.75, 3.05) is 25.6 Å². The predicted octanol–water partition coefficient (Wildman–Crippen LogP) is -8.28. The average molecular weight is 758 g/mol. The minimum atomic E-state index is -5.50. The van der Waals surface area contributed by atoms with Crippen molar-refractivity contribution >= 4 is 33.4 Å². The summed E-state index contributed by atoms with van der Waals surface area (Å²) in [5, 5.41) is 83.9. The molecule has 0 spiro atoms. The molecule has 3 aliphatic rings. The molecule has 2 aliphatic heterocycles. The summed E-state index contributed by atoms with van der Waals surface area (Å²) in [6, 6.07) is -3.34. The zero-order chi connectivity index (χ0) is 37.5. The maximum atomic E-state index is 12.7. The second kappa shape index (κ2) is 15.6. The molecule has 0 radical (unpaired) electrons. The summed E-state index contributed by atoms with van der Waals surface area (Å²) in [4.78, 5) is 24.6. The molecule has 15 unspecified atom stereocenters. The molecule has 15 N–H and O–H groups in total. The van der Waals surface area contributed by atoms with Gasteiger partial charge in [-0.2, -0.15) is 8.42 Å². The summed E-state index contributed by atoms with van der Waals surface area (Å²) >= 11 is 0. The van der Waals surface area contributed by atoms with Gasteiger partial charge in [0.25, 0.3) is 0 Å². The third-order valence-electron chi connectivity index (χ3n) is 8.65. The van der Waals surface area contributed by atoms with E-state index in [1.165, 1.54) is 10.9 Å². The van der Waals surface area contributed by atoms with Crippen molar-refractivity contribution in [2.45, 2.75) is 97.8 Å². The van der Waals surface area contributed by atoms with Gasteiger partial charge in [0.2, 0.25) is 0 Å². The molecular weight excluding hydrogens is 718 g/mol. The number of nitrogen functional groups attached to an aromatic ring is 1. The van der Waals surface area contributed by atoms with Gasteiger partial charge in [0, 0.05) is 0 Å². The van der Waals surface area contributed by atoms with Crippen molar-refractivity contribution in [3.05, 3.63) is 12.7 Å². The number of esters is 1. The van der Waals surface area contributed by atoms with E-state index in [2.05, 4.69) is 19.1 Å². The van der Waals surface area contributed by atoms with Crippen LogP contribution in [0, 0.1) is 0 Å². The highest BCUT2D eigenvalue weighted by Gasteiger charge is 2.58. The Balaban J connectivity index is 1.44. The number of fused-ring (bicyclic) bond motifs is 1. The van der Waals surface area contributed by atoms with Gasteiger partial charge < -0.3 is 81.7 Å². The molecule has 1 saturated carbocycles. The van der Waals surface area contributed by atoms with Gasteiger partial charge in [-0.05, 0) is 0 Å². The lowest BCUT2D eigenvalue weighted by atomic mass is 9.84. The van der Waals surface area contributed by atoms with Crippen molar-refractivity contribution in [1.82, 2.24) is 19.5 Å². The fourth-order valence-electron chi connectivity index (χ4n) is 5.93. The Hall–Kier alpha value is -2.87. The lowest BCUT2D eigenvalue weighted by molar-refractivity contribution is -0.319. The highest BCUT2D eigenvalue weighted by Crippen LogP contribution is 2.36. The Morgan fingerprint density at radius 3 is 2.22 bits per heavy atom. The number of nitrogens with zero attached hydrogens (tertiary/aromatic N) is 4. The Kier molecular flexibility index (Phi) is 12.0. The monoisotopic (exact) mass is 757 g/mol. The number of hydrogen-bond donors (Lipinski definition) is 12. The number of hydrogen-bond acceptors (Lipinski definition) is 23. The van der Waals surface area contributed by atoms with Crippen LogP contribution in [-0.4, -0.2) is 191 Å². The van der Waals surface area contributed by atoms with Gasteiger partial charge in [0.05, 0.1) is 32.2 Å². The van der Waals surface area contributed by atoms with E-state index in [4.69, 9.17) is 40.9 Å². The van der Waals surface area contributed by atoms with Crippen LogP contribution in [0.25, 0.3) is 11.2 Å². The third kappa shape index (κ3) is 7.91. The molecule has 5 rings (SSSR count). The summed E-state index contributed by atoms with van der Waals surface area (Å²) in [6.45, 7) is -2.61. The standard InChI is InChI=1S/C25H39N7O18S/c26-6(1-33)24(41)48-20-18(45-3-8-12(36)14(38)23(46-8)32-5-31-10-21(28)29-4-30-22(10)32)15(39)17(16(40)19(20)50-51(42,43)44)49-25-9(27)13(37)11(35)7(2-34)47-25/h4-9,11-20,23,25,33-40H,1-3,26-27H2,(H2,28,29,30)(H,42,43,44)/t6-,7?,8?,9?,11?,12?,13?,14?,15?,16?,17?,18?,19?,20?,23?,25?/m0/s1. The summed E-state index contributed by atoms with van der Waals surface area (Å²) in [5.41, 5.74) is 17.5. The molecular formula is C25H39N7O18S. The number of aliphatic hydroxyl groups is 8. The number of imidazole rings is 1. The molecule has 2 aromatic rings. The summed E-state index contributed by atoms with van der Waals surface area (Å²) in [6.07, 6.45) is -23.8. The van der Waals surface area contributed by atoms with Gasteiger partial charge in [-0.3, -0.25) is 13.9 Å². The van der Waals surface area contributed by atoms with Crippen LogP contribution >= 0.6 is 0 Å². The number of carbonyl (C=O) groups excluding carboxylic acids is 1. The molecule has 2 aromatic heterocycles. The number of aliphatic hydroxyl groups excluding tert-OH is 8. The molecule has 0 bridgehead atoms. The number of aromatic nitrogens is 4. The van der Waals surface area contributed by atoms with Gasteiger partial charge >= 0.3 is 16.4 Å². The van der Waals surface area contributed by atoms with E-state index < -0.39 is 134 Å². The number of anilines is 1. The maximum Gasteiger partial charge on any atom is 0.397 e. The highest BCUT2D eigenvalue weighted by atomic mass is 32.3. The Morgan fingerprint density at radius 1 is 0.902 bits per heavy atom. The molecule has 288 valence electrons. The summed E-state index contributed by atoms with van der Waals surface area (Å²) in [7, 11) is -5.50. The normalized spacial score (nSPS) is 39.6. The Bertz CT molecular complexity index is 1620. The van der Waals surface area contributed by atoms with E-state index >= 15 is 0 Å². The topological polar surface area (TPSA) is 410 Å². The van der Waals surface area contributed by atoms with E-state index in [-0.39, 0.29) is 17.0 Å². The quantitative estimate of drug-likeness (QED) is 0.0706. The van der Waals surface area contributed by atoms with Gasteiger partial charge in [0.15, 0.2) is 30.1 Å². The van der Waals surface area contributed by atoms with Crippen molar-refractivity contribution in [1.29, 1.82) is 0 Å². The van der Waals surface area contributed by atoms with Crippen LogP contribution in [0.1, 0.15) is 6.23 Å². The predicted molar refractivity (Wildman–Crippen MR) is 159 cm³/mol. The second-order valence-corrected chi connectivity index (χ2v) is 13.0. The number of carbonyl (C=O) groups is 1. The smallest absolute Gasteiger partial charge is 0.397 e. The zero-order valence-electron chi connectivity index (χ0n) is 26.1. The van der Waals surface area contributed by atoms with E-state index in [0.717, 1.165) is 6.33 Å². The molecule has 0 aromatic carbocycles. The van der Waals surface area contributed by atoms with Crippen molar-refractivity contribution in [3.63, 3.8) is 0 Å². The fraction of sp³-hybridized carbons (Fsp3) is 0.760. The minimum absolute atomic E-state index is 0.0113. The van der Waals surface area contributed by atoms with Crippen LogP contribution in [0.15, 0.2) is 12.7 Å². The number of nitrogens with two attached hydrogens (primary N) is 3. The van der Waals surface area contributed by atoms with Gasteiger partial charge in [-0.25, -0.2) is 19.1 Å². The highest BCUT2D eigenvalue weighted by molar-refractivity contribution is 7.80. The van der Waals surface area contributed by atoms with Crippen molar-refractivity contribution in [2.24, 2.45) is 11.5 Å².